The molecular weight excluding hydrogens is 187 g/mol. The zero-order valence-corrected chi connectivity index (χ0v) is 6.57. The Morgan fingerprint density at radius 2 is 2.00 bits per heavy atom. The summed E-state index contributed by atoms with van der Waals surface area (Å²) in [6.45, 7) is 1.19. The Labute approximate surface area is 70.8 Å². The van der Waals surface area contributed by atoms with E-state index in [1.807, 2.05) is 4.98 Å². The van der Waals surface area contributed by atoms with Gasteiger partial charge in [0.15, 0.2) is 5.75 Å². The van der Waals surface area contributed by atoms with Gasteiger partial charge >= 0.3 is 6.18 Å². The molecule has 1 aromatic rings. The van der Waals surface area contributed by atoms with Gasteiger partial charge in [-0.05, 0) is 6.92 Å². The Morgan fingerprint density at radius 1 is 1.46 bits per heavy atom. The van der Waals surface area contributed by atoms with E-state index in [0.717, 1.165) is 0 Å². The van der Waals surface area contributed by atoms with Gasteiger partial charge in [0.2, 0.25) is 5.43 Å². The molecule has 72 valence electrons. The predicted octanol–water partition coefficient (Wildman–Crippen LogP) is 1.41. The van der Waals surface area contributed by atoms with E-state index in [9.17, 15) is 18.0 Å². The second-order valence-electron chi connectivity index (χ2n) is 2.52. The standard InChI is InChI=1S/C7H6F3NO2/c1-3-6(13)4(12)2-5(11-3)7(8,9)10/h2,13H,1H3,(H,11,12). The Hall–Kier alpha value is -1.46. The molecule has 2 N–H and O–H groups in total. The van der Waals surface area contributed by atoms with Crippen LogP contribution >= 0.6 is 0 Å². The zero-order chi connectivity index (χ0) is 10.2. The minimum Gasteiger partial charge on any atom is -0.503 e. The van der Waals surface area contributed by atoms with E-state index >= 15 is 0 Å². The molecule has 0 aliphatic heterocycles. The van der Waals surface area contributed by atoms with Crippen LogP contribution < -0.4 is 5.43 Å². The van der Waals surface area contributed by atoms with E-state index in [2.05, 4.69) is 0 Å². The van der Waals surface area contributed by atoms with Crippen LogP contribution in [0.3, 0.4) is 0 Å². The Kier molecular flexibility index (Phi) is 2.07. The third-order valence-electron chi connectivity index (χ3n) is 1.49. The summed E-state index contributed by atoms with van der Waals surface area (Å²) in [5.74, 6) is -0.687. The lowest BCUT2D eigenvalue weighted by Crippen LogP contribution is -2.14. The normalized spacial score (nSPS) is 11.7. The molecule has 0 fully saturated rings. The quantitative estimate of drug-likeness (QED) is 0.654. The molecule has 0 aliphatic rings. The van der Waals surface area contributed by atoms with Gasteiger partial charge < -0.3 is 10.1 Å². The molecule has 13 heavy (non-hydrogen) atoms. The van der Waals surface area contributed by atoms with Crippen LogP contribution in [-0.4, -0.2) is 10.1 Å². The van der Waals surface area contributed by atoms with Gasteiger partial charge in [0, 0.05) is 6.07 Å². The summed E-state index contributed by atoms with van der Waals surface area (Å²) in [5.41, 5.74) is -2.39. The van der Waals surface area contributed by atoms with Crippen LogP contribution in [0.25, 0.3) is 0 Å². The van der Waals surface area contributed by atoms with Gasteiger partial charge in [-0.3, -0.25) is 4.79 Å². The maximum atomic E-state index is 12.0. The van der Waals surface area contributed by atoms with Crippen molar-refractivity contribution >= 4 is 0 Å². The van der Waals surface area contributed by atoms with E-state index in [1.165, 1.54) is 6.92 Å². The monoisotopic (exact) mass is 193 g/mol. The highest BCUT2D eigenvalue weighted by molar-refractivity contribution is 5.27. The third-order valence-corrected chi connectivity index (χ3v) is 1.49. The number of halogens is 3. The SMILES string of the molecule is Cc1[nH]c(C(F)(F)F)cc(=O)c1O. The predicted molar refractivity (Wildman–Crippen MR) is 38.5 cm³/mol. The van der Waals surface area contributed by atoms with E-state index in [0.29, 0.717) is 6.07 Å². The molecule has 0 amide bonds. The van der Waals surface area contributed by atoms with E-state index in [1.54, 1.807) is 0 Å². The van der Waals surface area contributed by atoms with Gasteiger partial charge in [0.1, 0.15) is 5.69 Å². The van der Waals surface area contributed by atoms with Gasteiger partial charge in [-0.15, -0.1) is 0 Å². The van der Waals surface area contributed by atoms with Gasteiger partial charge in [-0.25, -0.2) is 0 Å². The molecule has 6 heteroatoms. The molecule has 0 aliphatic carbocycles. The molecule has 1 heterocycles. The average Bonchev–Trinajstić information content (AvgIpc) is 1.97. The van der Waals surface area contributed by atoms with E-state index in [4.69, 9.17) is 5.11 Å². The highest BCUT2D eigenvalue weighted by atomic mass is 19.4. The van der Waals surface area contributed by atoms with E-state index < -0.39 is 23.0 Å². The van der Waals surface area contributed by atoms with Crippen molar-refractivity contribution in [2.75, 3.05) is 0 Å². The number of hydrogen-bond acceptors (Lipinski definition) is 2. The molecule has 3 nitrogen and oxygen atoms in total. The Bertz CT molecular complexity index is 380. The summed E-state index contributed by atoms with van der Waals surface area (Å²) in [4.78, 5) is 12.6. The lowest BCUT2D eigenvalue weighted by Gasteiger charge is -2.07. The van der Waals surface area contributed by atoms with Gasteiger partial charge in [0.05, 0.1) is 5.69 Å². The Balaban J connectivity index is 3.38. The molecule has 0 saturated carbocycles. The molecule has 0 aromatic carbocycles. The molecule has 0 spiro atoms. The van der Waals surface area contributed by atoms with Crippen molar-refractivity contribution in [1.29, 1.82) is 0 Å². The fourth-order valence-electron chi connectivity index (χ4n) is 0.834. The largest absolute Gasteiger partial charge is 0.503 e. The summed E-state index contributed by atoms with van der Waals surface area (Å²) >= 11 is 0. The van der Waals surface area contributed by atoms with Crippen LogP contribution in [0.2, 0.25) is 0 Å². The topological polar surface area (TPSA) is 53.1 Å². The second kappa shape index (κ2) is 2.79. The number of hydrogen-bond donors (Lipinski definition) is 2. The zero-order valence-electron chi connectivity index (χ0n) is 6.57. The first-order valence-electron chi connectivity index (χ1n) is 3.32. The summed E-state index contributed by atoms with van der Waals surface area (Å²) in [7, 11) is 0. The summed E-state index contributed by atoms with van der Waals surface area (Å²) in [6, 6.07) is 0.322. The summed E-state index contributed by atoms with van der Waals surface area (Å²) < 4.78 is 36.1. The summed E-state index contributed by atoms with van der Waals surface area (Å²) in [5, 5.41) is 8.89. The van der Waals surface area contributed by atoms with Gasteiger partial charge in [-0.2, -0.15) is 13.2 Å². The number of H-pyrrole nitrogens is 1. The van der Waals surface area contributed by atoms with Crippen LogP contribution in [0, 0.1) is 6.92 Å². The summed E-state index contributed by atoms with van der Waals surface area (Å²) in [6.07, 6.45) is -4.60. The highest BCUT2D eigenvalue weighted by Crippen LogP contribution is 2.27. The average molecular weight is 193 g/mol. The molecule has 0 bridgehead atoms. The van der Waals surface area contributed by atoms with Gasteiger partial charge in [-0.1, -0.05) is 0 Å². The molecule has 1 aromatic heterocycles. The minimum absolute atomic E-state index is 0.195. The first-order valence-corrected chi connectivity index (χ1v) is 3.32. The van der Waals surface area contributed by atoms with Gasteiger partial charge in [0.25, 0.3) is 0 Å². The maximum Gasteiger partial charge on any atom is 0.431 e. The molecule has 0 atom stereocenters. The minimum atomic E-state index is -4.60. The van der Waals surface area contributed by atoms with Crippen LogP contribution in [0.1, 0.15) is 11.4 Å². The van der Waals surface area contributed by atoms with Crippen molar-refractivity contribution < 1.29 is 18.3 Å². The van der Waals surface area contributed by atoms with Crippen LogP contribution in [0.4, 0.5) is 13.2 Å². The van der Waals surface area contributed by atoms with E-state index in [-0.39, 0.29) is 5.69 Å². The number of pyridine rings is 1. The number of rotatable bonds is 0. The first-order chi connectivity index (χ1) is 5.82. The maximum absolute atomic E-state index is 12.0. The fraction of sp³-hybridized carbons (Fsp3) is 0.286. The van der Waals surface area contributed by atoms with Crippen LogP contribution in [0.15, 0.2) is 10.9 Å². The number of aryl methyl sites for hydroxylation is 1. The molecule has 0 saturated heterocycles. The van der Waals surface area contributed by atoms with Crippen molar-refractivity contribution in [2.45, 2.75) is 13.1 Å². The second-order valence-corrected chi connectivity index (χ2v) is 2.52. The molecular formula is C7H6F3NO2. The highest BCUT2D eigenvalue weighted by Gasteiger charge is 2.32. The number of alkyl halides is 3. The molecule has 0 radical (unpaired) electrons. The number of aromatic hydroxyl groups is 1. The van der Waals surface area contributed by atoms with Crippen LogP contribution in [0.5, 0.6) is 5.75 Å². The Morgan fingerprint density at radius 3 is 2.38 bits per heavy atom. The number of nitrogens with one attached hydrogen (secondary N) is 1. The number of aromatic nitrogens is 1. The van der Waals surface area contributed by atoms with Crippen LogP contribution in [-0.2, 0) is 6.18 Å². The number of aromatic amines is 1. The first kappa shape index (κ1) is 9.63. The van der Waals surface area contributed by atoms with Crippen molar-refractivity contribution in [3.8, 4) is 5.75 Å². The lowest BCUT2D eigenvalue weighted by atomic mass is 10.3. The van der Waals surface area contributed by atoms with Crippen molar-refractivity contribution in [3.63, 3.8) is 0 Å². The lowest BCUT2D eigenvalue weighted by molar-refractivity contribution is -0.141. The van der Waals surface area contributed by atoms with Crippen molar-refractivity contribution in [3.05, 3.63) is 27.7 Å². The van der Waals surface area contributed by atoms with Crippen molar-refractivity contribution in [2.24, 2.45) is 0 Å². The molecule has 0 unspecified atom stereocenters. The third kappa shape index (κ3) is 1.82. The smallest absolute Gasteiger partial charge is 0.431 e. The van der Waals surface area contributed by atoms with Crippen molar-refractivity contribution in [1.82, 2.24) is 4.98 Å². The fourth-order valence-corrected chi connectivity index (χ4v) is 0.834. The molecule has 1 rings (SSSR count).